The van der Waals surface area contributed by atoms with Crippen molar-refractivity contribution in [1.29, 1.82) is 0 Å². The number of rotatable bonds is 2. The van der Waals surface area contributed by atoms with Gasteiger partial charge in [0.05, 0.1) is 15.2 Å². The Kier molecular flexibility index (Phi) is 5.06. The Hall–Kier alpha value is 0.0300. The first-order valence-corrected chi connectivity index (χ1v) is 2.59. The van der Waals surface area contributed by atoms with Gasteiger partial charge in [-0.05, 0) is 6.08 Å². The van der Waals surface area contributed by atoms with Gasteiger partial charge in [-0.15, -0.1) is 0 Å². The van der Waals surface area contributed by atoms with Crippen molar-refractivity contribution in [3.8, 4) is 0 Å². The van der Waals surface area contributed by atoms with E-state index in [0.717, 1.165) is 6.08 Å². The lowest BCUT2D eigenvalue weighted by Gasteiger charge is -1.71. The summed E-state index contributed by atoms with van der Waals surface area (Å²) in [5, 5.41) is 0. The van der Waals surface area contributed by atoms with Crippen LogP contribution in [0.2, 0.25) is 0 Å². The van der Waals surface area contributed by atoms with Crippen LogP contribution in [-0.2, 0) is 0 Å². The fourth-order valence-corrected chi connectivity index (χ4v) is 0.267. The molecule has 6 heavy (non-hydrogen) atoms. The molecule has 0 aromatic carbocycles. The van der Waals surface area contributed by atoms with Crippen LogP contribution in [0.4, 0.5) is 8.59 Å². The minimum atomic E-state index is -0.662. The van der Waals surface area contributed by atoms with Crippen LogP contribution in [0.3, 0.4) is 0 Å². The molecule has 0 spiro atoms. The van der Waals surface area contributed by atoms with Crippen molar-refractivity contribution in [3.05, 3.63) is 12.4 Å². The largest absolute Gasteiger partial charge is 0.230 e. The fraction of sp³-hybridized carbons (Fsp3) is 0.333. The number of hydrogen-bond acceptors (Lipinski definition) is 0. The van der Waals surface area contributed by atoms with Crippen molar-refractivity contribution >= 4 is 8.89 Å². The zero-order chi connectivity index (χ0) is 4.83. The van der Waals surface area contributed by atoms with Gasteiger partial charge in [-0.3, -0.25) is 0 Å². The quantitative estimate of drug-likeness (QED) is 0.477. The molecule has 0 fully saturated rings. The second-order valence-corrected chi connectivity index (χ2v) is 1.37. The molecule has 0 bridgehead atoms. The molecule has 36 valence electrons. The van der Waals surface area contributed by atoms with Crippen LogP contribution >= 0.6 is 8.89 Å². The van der Waals surface area contributed by atoms with E-state index in [2.05, 4.69) is 0 Å². The van der Waals surface area contributed by atoms with E-state index in [1.165, 1.54) is 0 Å². The van der Waals surface area contributed by atoms with Gasteiger partial charge in [0.1, 0.15) is 0 Å². The van der Waals surface area contributed by atoms with Crippen molar-refractivity contribution in [2.45, 2.75) is 0 Å². The third-order valence-electron chi connectivity index (χ3n) is 0.284. The molecule has 3 heteroatoms. The molecule has 0 saturated heterocycles. The van der Waals surface area contributed by atoms with Crippen molar-refractivity contribution < 1.29 is 8.59 Å². The summed E-state index contributed by atoms with van der Waals surface area (Å²) in [6, 6.07) is 0. The zero-order valence-electron chi connectivity index (χ0n) is 3.12. The molecule has 0 aromatic rings. The highest BCUT2D eigenvalue weighted by Gasteiger charge is 1.70. The maximum absolute atomic E-state index is 11.0. The van der Waals surface area contributed by atoms with E-state index in [1.54, 1.807) is 0 Å². The Labute approximate surface area is 37.1 Å². The smallest absolute Gasteiger partial charge is 0.0831 e. The Morgan fingerprint density at radius 2 is 2.33 bits per heavy atom. The van der Waals surface area contributed by atoms with E-state index in [9.17, 15) is 8.59 Å². The summed E-state index contributed by atoms with van der Waals surface area (Å²) in [7, 11) is -0.662. The lowest BCUT2D eigenvalue weighted by Crippen LogP contribution is -1.53. The Bertz CT molecular complexity index is 44.1. The summed E-state index contributed by atoms with van der Waals surface area (Å²) in [6.45, 7) is 0. The molecule has 0 radical (unpaired) electrons. The van der Waals surface area contributed by atoms with Crippen molar-refractivity contribution in [3.63, 3.8) is 0 Å². The van der Waals surface area contributed by atoms with Crippen LogP contribution in [-0.4, -0.2) is 6.16 Å². The van der Waals surface area contributed by atoms with E-state index in [-0.39, 0.29) is 6.16 Å². The molecule has 0 rings (SSSR count). The van der Waals surface area contributed by atoms with E-state index in [1.807, 2.05) is 0 Å². The Morgan fingerprint density at radius 3 is 2.50 bits per heavy atom. The maximum Gasteiger partial charge on any atom is 0.0831 e. The standard InChI is InChI=1S/C3H5F2P/c4-2-1-3-6-5/h1-2,6H,3H2. The van der Waals surface area contributed by atoms with Gasteiger partial charge < -0.3 is 0 Å². The van der Waals surface area contributed by atoms with Crippen LogP contribution in [0.25, 0.3) is 0 Å². The van der Waals surface area contributed by atoms with Gasteiger partial charge >= 0.3 is 0 Å². The maximum atomic E-state index is 11.0. The first-order valence-electron chi connectivity index (χ1n) is 1.50. The van der Waals surface area contributed by atoms with Gasteiger partial charge in [-0.25, -0.2) is 8.59 Å². The van der Waals surface area contributed by atoms with Gasteiger partial charge in [-0.1, -0.05) is 0 Å². The van der Waals surface area contributed by atoms with Crippen LogP contribution in [0.15, 0.2) is 12.4 Å². The van der Waals surface area contributed by atoms with E-state index >= 15 is 0 Å². The predicted octanol–water partition coefficient (Wildman–Crippen LogP) is 2.03. The van der Waals surface area contributed by atoms with Crippen LogP contribution in [0.5, 0.6) is 0 Å². The molecule has 0 aliphatic rings. The van der Waals surface area contributed by atoms with Crippen molar-refractivity contribution in [1.82, 2.24) is 0 Å². The van der Waals surface area contributed by atoms with Crippen molar-refractivity contribution in [2.75, 3.05) is 6.16 Å². The molecule has 0 aromatic heterocycles. The van der Waals surface area contributed by atoms with E-state index < -0.39 is 8.89 Å². The fourth-order valence-electron chi connectivity index (χ4n) is 0.0891. The van der Waals surface area contributed by atoms with E-state index in [4.69, 9.17) is 0 Å². The molecular weight excluding hydrogens is 105 g/mol. The lowest BCUT2D eigenvalue weighted by atomic mass is 10.7. The van der Waals surface area contributed by atoms with Gasteiger partial charge in [0.15, 0.2) is 0 Å². The normalized spacial score (nSPS) is 12.3. The van der Waals surface area contributed by atoms with Gasteiger partial charge in [0.2, 0.25) is 0 Å². The van der Waals surface area contributed by atoms with Gasteiger partial charge in [-0.2, -0.15) is 0 Å². The highest BCUT2D eigenvalue weighted by molar-refractivity contribution is 7.31. The Balaban J connectivity index is 2.66. The molecule has 0 amide bonds. The average molecular weight is 110 g/mol. The van der Waals surface area contributed by atoms with Crippen LogP contribution < -0.4 is 0 Å². The summed E-state index contributed by atoms with van der Waals surface area (Å²) in [6.07, 6.45) is 1.72. The molecular formula is C3H5F2P. The monoisotopic (exact) mass is 110 g/mol. The lowest BCUT2D eigenvalue weighted by molar-refractivity contribution is 0.719. The van der Waals surface area contributed by atoms with Crippen LogP contribution in [0, 0.1) is 0 Å². The van der Waals surface area contributed by atoms with E-state index in [0.29, 0.717) is 6.33 Å². The van der Waals surface area contributed by atoms with Gasteiger partial charge in [0.25, 0.3) is 0 Å². The number of allylic oxidation sites excluding steroid dienone is 1. The topological polar surface area (TPSA) is 0 Å². The van der Waals surface area contributed by atoms with Crippen molar-refractivity contribution in [2.24, 2.45) is 0 Å². The third-order valence-corrected chi connectivity index (χ3v) is 0.674. The summed E-state index contributed by atoms with van der Waals surface area (Å²) in [5.74, 6) is 0. The van der Waals surface area contributed by atoms with Crippen LogP contribution in [0.1, 0.15) is 0 Å². The number of halogens is 2. The highest BCUT2D eigenvalue weighted by Crippen LogP contribution is 2.08. The second-order valence-electron chi connectivity index (χ2n) is 0.699. The Morgan fingerprint density at radius 1 is 1.67 bits per heavy atom. The summed E-state index contributed by atoms with van der Waals surface area (Å²) in [5.41, 5.74) is 0. The molecule has 0 aliphatic heterocycles. The summed E-state index contributed by atoms with van der Waals surface area (Å²) in [4.78, 5) is 0. The summed E-state index contributed by atoms with van der Waals surface area (Å²) < 4.78 is 21.8. The second kappa shape index (κ2) is 5.03. The third kappa shape index (κ3) is 4.03. The SMILES string of the molecule is FC=CCPF. The molecule has 1 atom stereocenters. The zero-order valence-corrected chi connectivity index (χ0v) is 4.12. The first kappa shape index (κ1) is 6.03. The number of hydrogen-bond donors (Lipinski definition) is 0. The molecule has 0 aliphatic carbocycles. The molecule has 0 saturated carbocycles. The predicted molar refractivity (Wildman–Crippen MR) is 24.5 cm³/mol. The highest BCUT2D eigenvalue weighted by atomic mass is 31.1. The first-order chi connectivity index (χ1) is 2.91. The minimum Gasteiger partial charge on any atom is -0.230 e. The average Bonchev–Trinajstić information content (AvgIpc) is 1.61. The molecule has 0 nitrogen and oxygen atoms in total. The molecule has 0 heterocycles. The van der Waals surface area contributed by atoms with Gasteiger partial charge in [0, 0.05) is 6.16 Å². The summed E-state index contributed by atoms with van der Waals surface area (Å²) >= 11 is 0. The molecule has 1 unspecified atom stereocenters. The minimum absolute atomic E-state index is 0.219. The molecule has 0 N–H and O–H groups in total.